The summed E-state index contributed by atoms with van der Waals surface area (Å²) in [5, 5.41) is 2.51. The first kappa shape index (κ1) is 12.5. The minimum absolute atomic E-state index is 0.407. The fraction of sp³-hybridized carbons (Fsp3) is 0.444. The summed E-state index contributed by atoms with van der Waals surface area (Å²) in [6.07, 6.45) is 6.82. The van der Waals surface area contributed by atoms with Crippen LogP contribution in [0, 0.1) is 5.92 Å². The van der Waals surface area contributed by atoms with Gasteiger partial charge in [0.05, 0.1) is 6.10 Å². The minimum Gasteiger partial charge on any atom is -0.490 e. The van der Waals surface area contributed by atoms with Crippen LogP contribution in [0.3, 0.4) is 0 Å². The molecule has 2 unspecified atom stereocenters. The lowest BCUT2D eigenvalue weighted by Gasteiger charge is -2.29. The highest BCUT2D eigenvalue weighted by molar-refractivity contribution is 5.88. The molecule has 1 heteroatoms. The zero-order valence-corrected chi connectivity index (χ0v) is 11.6. The number of benzene rings is 2. The Hall–Kier alpha value is -1.50. The van der Waals surface area contributed by atoms with E-state index in [4.69, 9.17) is 4.74 Å². The molecule has 1 saturated carbocycles. The molecule has 2 aromatic rings. The second-order valence-corrected chi connectivity index (χ2v) is 5.66. The van der Waals surface area contributed by atoms with Gasteiger partial charge in [-0.3, -0.25) is 0 Å². The van der Waals surface area contributed by atoms with E-state index in [0.717, 1.165) is 11.7 Å². The Balaban J connectivity index is 1.81. The lowest BCUT2D eigenvalue weighted by atomic mass is 9.85. The smallest absolute Gasteiger partial charge is 0.127 e. The van der Waals surface area contributed by atoms with Crippen molar-refractivity contribution in [3.05, 3.63) is 42.5 Å². The lowest BCUT2D eigenvalue weighted by molar-refractivity contribution is 0.123. The van der Waals surface area contributed by atoms with E-state index < -0.39 is 0 Å². The van der Waals surface area contributed by atoms with Gasteiger partial charge < -0.3 is 4.74 Å². The number of ether oxygens (including phenoxy) is 1. The molecule has 1 aliphatic rings. The molecular formula is C18H22O. The van der Waals surface area contributed by atoms with E-state index in [1.807, 2.05) is 0 Å². The number of hydrogen-bond acceptors (Lipinski definition) is 1. The van der Waals surface area contributed by atoms with Crippen LogP contribution in [0.2, 0.25) is 0 Å². The summed E-state index contributed by atoms with van der Waals surface area (Å²) in [6.45, 7) is 2.30. The van der Waals surface area contributed by atoms with Crippen LogP contribution in [0.5, 0.6) is 5.75 Å². The summed E-state index contributed by atoms with van der Waals surface area (Å²) in [6, 6.07) is 14.8. The predicted molar refractivity (Wildman–Crippen MR) is 80.6 cm³/mol. The quantitative estimate of drug-likeness (QED) is 0.732. The second kappa shape index (κ2) is 5.64. The maximum absolute atomic E-state index is 6.30. The number of rotatable bonds is 3. The molecule has 1 fully saturated rings. The highest BCUT2D eigenvalue weighted by Crippen LogP contribution is 2.32. The molecule has 3 rings (SSSR count). The molecule has 1 aliphatic carbocycles. The highest BCUT2D eigenvalue weighted by atomic mass is 16.5. The van der Waals surface area contributed by atoms with Gasteiger partial charge in [-0.05, 0) is 36.6 Å². The first-order chi connectivity index (χ1) is 9.36. The molecule has 0 N–H and O–H groups in total. The fourth-order valence-electron chi connectivity index (χ4n) is 3.20. The third-order valence-corrected chi connectivity index (χ3v) is 4.36. The first-order valence-corrected chi connectivity index (χ1v) is 7.51. The van der Waals surface area contributed by atoms with Gasteiger partial charge in [0.1, 0.15) is 5.75 Å². The van der Waals surface area contributed by atoms with E-state index in [0.29, 0.717) is 6.10 Å². The summed E-state index contributed by atoms with van der Waals surface area (Å²) in [5.74, 6) is 1.91. The van der Waals surface area contributed by atoms with Crippen molar-refractivity contribution in [2.45, 2.75) is 45.1 Å². The average Bonchev–Trinajstić information content (AvgIpc) is 2.48. The van der Waals surface area contributed by atoms with Crippen molar-refractivity contribution in [3.63, 3.8) is 0 Å². The lowest BCUT2D eigenvalue weighted by Crippen LogP contribution is -2.25. The number of fused-ring (bicyclic) bond motifs is 1. The Bertz CT molecular complexity index is 541. The van der Waals surface area contributed by atoms with Crippen LogP contribution in [0.15, 0.2) is 42.5 Å². The zero-order chi connectivity index (χ0) is 13.1. The van der Waals surface area contributed by atoms with Crippen LogP contribution < -0.4 is 4.74 Å². The number of hydrogen-bond donors (Lipinski definition) is 0. The molecule has 0 saturated heterocycles. The zero-order valence-electron chi connectivity index (χ0n) is 11.6. The van der Waals surface area contributed by atoms with E-state index in [1.54, 1.807) is 0 Å². The molecular weight excluding hydrogens is 232 g/mol. The normalized spacial score (nSPS) is 23.4. The molecule has 0 heterocycles. The van der Waals surface area contributed by atoms with Crippen molar-refractivity contribution in [1.29, 1.82) is 0 Å². The van der Waals surface area contributed by atoms with Crippen LogP contribution in [0.1, 0.15) is 39.0 Å². The molecule has 1 nitrogen and oxygen atoms in total. The largest absolute Gasteiger partial charge is 0.490 e. The Morgan fingerprint density at radius 1 is 1.05 bits per heavy atom. The molecule has 0 radical (unpaired) electrons. The van der Waals surface area contributed by atoms with E-state index in [1.165, 1.54) is 42.9 Å². The van der Waals surface area contributed by atoms with Crippen LogP contribution >= 0.6 is 0 Å². The molecule has 0 spiro atoms. The van der Waals surface area contributed by atoms with Gasteiger partial charge in [0.25, 0.3) is 0 Å². The molecule has 0 amide bonds. The monoisotopic (exact) mass is 254 g/mol. The van der Waals surface area contributed by atoms with Gasteiger partial charge in [0.2, 0.25) is 0 Å². The molecule has 2 aromatic carbocycles. The Labute approximate surface area is 115 Å². The third kappa shape index (κ3) is 2.75. The van der Waals surface area contributed by atoms with Crippen molar-refractivity contribution in [2.24, 2.45) is 5.92 Å². The van der Waals surface area contributed by atoms with Gasteiger partial charge in [-0.15, -0.1) is 0 Å². The van der Waals surface area contributed by atoms with E-state index in [-0.39, 0.29) is 0 Å². The van der Waals surface area contributed by atoms with Crippen LogP contribution in [0.25, 0.3) is 10.8 Å². The van der Waals surface area contributed by atoms with Crippen molar-refractivity contribution < 1.29 is 4.74 Å². The summed E-state index contributed by atoms with van der Waals surface area (Å²) in [7, 11) is 0. The van der Waals surface area contributed by atoms with E-state index in [2.05, 4.69) is 49.4 Å². The van der Waals surface area contributed by atoms with Gasteiger partial charge >= 0.3 is 0 Å². The summed E-state index contributed by atoms with van der Waals surface area (Å²) >= 11 is 0. The Morgan fingerprint density at radius 2 is 1.89 bits per heavy atom. The van der Waals surface area contributed by atoms with Crippen LogP contribution in [-0.4, -0.2) is 6.10 Å². The highest BCUT2D eigenvalue weighted by Gasteiger charge is 2.22. The molecule has 0 bridgehead atoms. The van der Waals surface area contributed by atoms with Crippen LogP contribution in [0.4, 0.5) is 0 Å². The standard InChI is InChI=1S/C18H22O/c1-2-14-7-5-10-16(13-14)19-18-12-6-9-15-8-3-4-11-17(15)18/h3-4,6,8-9,11-12,14,16H,2,5,7,10,13H2,1H3. The minimum atomic E-state index is 0.407. The topological polar surface area (TPSA) is 9.23 Å². The van der Waals surface area contributed by atoms with Gasteiger partial charge in [0, 0.05) is 5.39 Å². The van der Waals surface area contributed by atoms with E-state index in [9.17, 15) is 0 Å². The Kier molecular flexibility index (Phi) is 3.72. The van der Waals surface area contributed by atoms with Gasteiger partial charge in [-0.1, -0.05) is 56.2 Å². The van der Waals surface area contributed by atoms with Crippen molar-refractivity contribution in [2.75, 3.05) is 0 Å². The maximum Gasteiger partial charge on any atom is 0.127 e. The molecule has 0 aromatic heterocycles. The second-order valence-electron chi connectivity index (χ2n) is 5.66. The molecule has 19 heavy (non-hydrogen) atoms. The summed E-state index contributed by atoms with van der Waals surface area (Å²) < 4.78 is 6.30. The van der Waals surface area contributed by atoms with Crippen molar-refractivity contribution in [1.82, 2.24) is 0 Å². The van der Waals surface area contributed by atoms with Crippen molar-refractivity contribution >= 4 is 10.8 Å². The Morgan fingerprint density at radius 3 is 2.79 bits per heavy atom. The van der Waals surface area contributed by atoms with Gasteiger partial charge in [0.15, 0.2) is 0 Å². The molecule has 100 valence electrons. The molecule has 2 atom stereocenters. The summed E-state index contributed by atoms with van der Waals surface area (Å²) in [5.41, 5.74) is 0. The van der Waals surface area contributed by atoms with E-state index >= 15 is 0 Å². The van der Waals surface area contributed by atoms with Gasteiger partial charge in [-0.2, -0.15) is 0 Å². The van der Waals surface area contributed by atoms with Crippen molar-refractivity contribution in [3.8, 4) is 5.75 Å². The molecule has 0 aliphatic heterocycles. The predicted octanol–water partition coefficient (Wildman–Crippen LogP) is 5.19. The van der Waals surface area contributed by atoms with Crippen LogP contribution in [-0.2, 0) is 0 Å². The first-order valence-electron chi connectivity index (χ1n) is 7.51. The third-order valence-electron chi connectivity index (χ3n) is 4.36. The SMILES string of the molecule is CCC1CCCC(Oc2cccc3ccccc23)C1. The van der Waals surface area contributed by atoms with Gasteiger partial charge in [-0.25, -0.2) is 0 Å². The average molecular weight is 254 g/mol. The maximum atomic E-state index is 6.30. The fourth-order valence-corrected chi connectivity index (χ4v) is 3.20. The summed E-state index contributed by atoms with van der Waals surface area (Å²) in [4.78, 5) is 0.